The Morgan fingerprint density at radius 2 is 2.00 bits per heavy atom. The van der Waals surface area contributed by atoms with Crippen LogP contribution >= 0.6 is 0 Å². The Morgan fingerprint density at radius 3 is 2.00 bits per heavy atom. The van der Waals surface area contributed by atoms with Crippen molar-refractivity contribution in [1.82, 2.24) is 0 Å². The third kappa shape index (κ3) is 8.90. The molecule has 0 aliphatic heterocycles. The van der Waals surface area contributed by atoms with E-state index >= 15 is 0 Å². The molecular formula is HFO3SiZn. The Hall–Kier alpha value is 0.170. The molecule has 6 heteroatoms. The molecule has 1 N–H and O–H groups in total. The molecule has 3 nitrogen and oxygen atoms in total. The first-order chi connectivity index (χ1) is 2.27. The first-order valence-electron chi connectivity index (χ1n) is 0.786. The topological polar surface area (TPSA) is 46.5 Å². The molecule has 0 aliphatic carbocycles. The molecule has 0 saturated carbocycles. The maximum Gasteiger partial charge on any atom is 0.803 e. The number of hydrogen-bond donors (Lipinski definition) is 1. The number of rotatable bonds is 1. The van der Waals surface area contributed by atoms with Crippen LogP contribution in [0, 0.1) is 0 Å². The molecule has 0 spiro atoms. The van der Waals surface area contributed by atoms with Gasteiger partial charge in [-0.25, -0.2) is 0 Å². The molecule has 0 fully saturated rings. The normalized spacial score (nSPS) is 5.50. The molecule has 0 aromatic heterocycles. The molecule has 0 aromatic carbocycles. The standard InChI is InChI=1S/FHO3Si.Zn/c1-4-5(2)3;/h2H;. The fourth-order valence-electron chi connectivity index (χ4n) is 0. The largest absolute Gasteiger partial charge is 0.803 e. The van der Waals surface area contributed by atoms with Crippen molar-refractivity contribution in [2.75, 3.05) is 0 Å². The minimum atomic E-state index is -3.29. The Kier molecular flexibility index (Phi) is 8.17. The van der Waals surface area contributed by atoms with Crippen LogP contribution in [0.3, 0.4) is 0 Å². The summed E-state index contributed by atoms with van der Waals surface area (Å²) >= 11 is 0. The average Bonchev–Trinajstić information content (AvgIpc) is 1.38. The van der Waals surface area contributed by atoms with E-state index in [1.54, 1.807) is 0 Å². The molecule has 32 valence electrons. The number of halogens is 1. The minimum absolute atomic E-state index is 0. The summed E-state index contributed by atoms with van der Waals surface area (Å²) in [5, 5.41) is 0. The fourth-order valence-corrected chi connectivity index (χ4v) is 0. The fraction of sp³-hybridized carbons (Fsp3) is 0. The van der Waals surface area contributed by atoms with Crippen LogP contribution in [0.25, 0.3) is 0 Å². The third-order valence-electron chi connectivity index (χ3n) is 0.0660. The molecule has 0 atom stereocenters. The minimum Gasteiger partial charge on any atom is -0.510 e. The van der Waals surface area contributed by atoms with Gasteiger partial charge >= 0.3 is 9.17 Å². The van der Waals surface area contributed by atoms with E-state index in [-0.39, 0.29) is 19.5 Å². The summed E-state index contributed by atoms with van der Waals surface area (Å²) in [6.45, 7) is 0. The van der Waals surface area contributed by atoms with Gasteiger partial charge in [0.1, 0.15) is 0 Å². The maximum absolute atomic E-state index is 10.1. The van der Waals surface area contributed by atoms with Gasteiger partial charge in [0.15, 0.2) is 0 Å². The van der Waals surface area contributed by atoms with E-state index in [0.29, 0.717) is 0 Å². The van der Waals surface area contributed by atoms with Gasteiger partial charge in [0, 0.05) is 24.0 Å². The molecule has 0 unspecified atom stereocenters. The van der Waals surface area contributed by atoms with Crippen molar-refractivity contribution >= 4 is 9.17 Å². The summed E-state index contributed by atoms with van der Waals surface area (Å²) in [5.41, 5.74) is 0. The van der Waals surface area contributed by atoms with Gasteiger partial charge in [0.2, 0.25) is 0 Å². The SMILES string of the molecule is O=[Si](O)OF.[Zn]. The second kappa shape index (κ2) is 5.17. The smallest absolute Gasteiger partial charge is 0.510 e. The first-order valence-corrected chi connectivity index (χ1v) is 2.05. The van der Waals surface area contributed by atoms with E-state index in [1.807, 2.05) is 0 Å². The summed E-state index contributed by atoms with van der Waals surface area (Å²) in [4.78, 5) is 7.31. The van der Waals surface area contributed by atoms with Gasteiger partial charge in [0.05, 0.1) is 0 Å². The Balaban J connectivity index is 0. The quantitative estimate of drug-likeness (QED) is 0.517. The van der Waals surface area contributed by atoms with Gasteiger partial charge in [-0.05, 0) is 0 Å². The Morgan fingerprint density at radius 1 is 1.83 bits per heavy atom. The van der Waals surface area contributed by atoms with E-state index in [0.717, 1.165) is 0 Å². The molecule has 0 rings (SSSR count). The molecular weight excluding hydrogens is 160 g/mol. The Bertz CT molecular complexity index is 46.1. The van der Waals surface area contributed by atoms with Gasteiger partial charge in [-0.2, -0.15) is 0 Å². The van der Waals surface area contributed by atoms with E-state index in [2.05, 4.69) is 4.63 Å². The predicted octanol–water partition coefficient (Wildman–Crippen LogP) is -0.707. The molecule has 0 aromatic rings. The van der Waals surface area contributed by atoms with Crippen molar-refractivity contribution in [1.29, 1.82) is 0 Å². The zero-order valence-electron chi connectivity index (χ0n) is 2.85. The average molecular weight is 161 g/mol. The van der Waals surface area contributed by atoms with Gasteiger partial charge in [-0.15, -0.1) is 0 Å². The number of hydrogen-bond acceptors (Lipinski definition) is 2. The van der Waals surface area contributed by atoms with Crippen molar-refractivity contribution < 1.29 is 37.9 Å². The summed E-state index contributed by atoms with van der Waals surface area (Å²) in [7, 11) is -3.29. The Labute approximate surface area is 47.7 Å². The summed E-state index contributed by atoms with van der Waals surface area (Å²) in [5.74, 6) is 0. The van der Waals surface area contributed by atoms with Gasteiger partial charge in [-0.3, -0.25) is 9.09 Å². The van der Waals surface area contributed by atoms with Gasteiger partial charge in [0.25, 0.3) is 0 Å². The van der Waals surface area contributed by atoms with E-state index in [4.69, 9.17) is 9.26 Å². The predicted molar refractivity (Wildman–Crippen MR) is 10.9 cm³/mol. The maximum atomic E-state index is 10.1. The van der Waals surface area contributed by atoms with Gasteiger partial charge < -0.3 is 4.80 Å². The molecule has 0 aliphatic rings. The summed E-state index contributed by atoms with van der Waals surface area (Å²) in [6.07, 6.45) is 0. The summed E-state index contributed by atoms with van der Waals surface area (Å²) < 4.78 is 21.4. The van der Waals surface area contributed by atoms with Crippen LogP contribution in [0.2, 0.25) is 0 Å². The molecule has 0 amide bonds. The van der Waals surface area contributed by atoms with Crippen molar-refractivity contribution in [2.45, 2.75) is 0 Å². The first kappa shape index (κ1) is 9.48. The van der Waals surface area contributed by atoms with E-state index in [9.17, 15) is 4.53 Å². The molecule has 0 saturated heterocycles. The molecule has 0 bridgehead atoms. The van der Waals surface area contributed by atoms with Crippen LogP contribution in [0.5, 0.6) is 0 Å². The van der Waals surface area contributed by atoms with Crippen LogP contribution in [-0.4, -0.2) is 14.0 Å². The zero-order chi connectivity index (χ0) is 4.28. The molecule has 6 heavy (non-hydrogen) atoms. The van der Waals surface area contributed by atoms with Gasteiger partial charge in [-0.1, -0.05) is 0 Å². The molecule has 0 radical (unpaired) electrons. The molecule has 0 heterocycles. The monoisotopic (exact) mass is 160 g/mol. The van der Waals surface area contributed by atoms with Crippen LogP contribution in [0.4, 0.5) is 4.53 Å². The van der Waals surface area contributed by atoms with E-state index in [1.165, 1.54) is 0 Å². The van der Waals surface area contributed by atoms with E-state index < -0.39 is 9.17 Å². The van der Waals surface area contributed by atoms with Crippen molar-refractivity contribution in [3.63, 3.8) is 0 Å². The van der Waals surface area contributed by atoms with Crippen molar-refractivity contribution in [2.24, 2.45) is 0 Å². The van der Waals surface area contributed by atoms with Crippen LogP contribution < -0.4 is 0 Å². The second-order valence-corrected chi connectivity index (χ2v) is 1.03. The van der Waals surface area contributed by atoms with Crippen LogP contribution in [0.1, 0.15) is 0 Å². The van der Waals surface area contributed by atoms with Crippen molar-refractivity contribution in [3.05, 3.63) is 0 Å². The van der Waals surface area contributed by atoms with Crippen LogP contribution in [0.15, 0.2) is 0 Å². The zero-order valence-corrected chi connectivity index (χ0v) is 6.82. The summed E-state index contributed by atoms with van der Waals surface area (Å²) in [6, 6.07) is 0. The third-order valence-corrected chi connectivity index (χ3v) is 0.198. The van der Waals surface area contributed by atoms with Crippen molar-refractivity contribution in [3.8, 4) is 0 Å². The van der Waals surface area contributed by atoms with Crippen LogP contribution in [-0.2, 0) is 28.6 Å². The second-order valence-electron chi connectivity index (χ2n) is 0.343.